The number of hydrogen-bond donors (Lipinski definition) is 0. The van der Waals surface area contributed by atoms with E-state index in [-0.39, 0.29) is 28.6 Å². The summed E-state index contributed by atoms with van der Waals surface area (Å²) in [6, 6.07) is 3.45. The van der Waals surface area contributed by atoms with E-state index in [1.165, 1.54) is 34.5 Å². The van der Waals surface area contributed by atoms with Gasteiger partial charge in [0, 0.05) is 31.9 Å². The standard InChI is InChI=1S/C22H25NO9/c1-25-12-9-13(21-30-7-6-8-31-21)17(15(10-12)26-2)19-18-14(24)11-16(27-3)22(28-4,29-5)20(18)32-23-19/h9-11,21H,6-8H2,1-5H3. The topological polar surface area (TPSA) is 108 Å². The molecule has 0 bridgehead atoms. The molecule has 0 saturated carbocycles. The highest BCUT2D eigenvalue weighted by atomic mass is 16.7. The van der Waals surface area contributed by atoms with Crippen molar-refractivity contribution < 1.29 is 42.5 Å². The highest BCUT2D eigenvalue weighted by Gasteiger charge is 2.51. The van der Waals surface area contributed by atoms with Crippen LogP contribution in [0.15, 0.2) is 28.5 Å². The zero-order valence-electron chi connectivity index (χ0n) is 18.6. The van der Waals surface area contributed by atoms with Gasteiger partial charge in [0.15, 0.2) is 17.8 Å². The highest BCUT2D eigenvalue weighted by Crippen LogP contribution is 2.48. The van der Waals surface area contributed by atoms with Gasteiger partial charge in [0.25, 0.3) is 5.79 Å². The number of carbonyl (C=O) groups is 1. The molecule has 10 nitrogen and oxygen atoms in total. The number of allylic oxidation sites excluding steroid dienone is 1. The maximum Gasteiger partial charge on any atom is 0.292 e. The summed E-state index contributed by atoms with van der Waals surface area (Å²) in [6.45, 7) is 1.05. The SMILES string of the molecule is COC1=CC(=O)c2c(-c3c(OC)cc(OC)cc3C3OCCCO3)noc2C1(OC)OC. The van der Waals surface area contributed by atoms with E-state index in [4.69, 9.17) is 37.7 Å². The van der Waals surface area contributed by atoms with Crippen LogP contribution in [0.3, 0.4) is 0 Å². The quantitative estimate of drug-likeness (QED) is 0.588. The Hall–Kier alpha value is -2.92. The zero-order valence-corrected chi connectivity index (χ0v) is 18.6. The summed E-state index contributed by atoms with van der Waals surface area (Å²) in [7, 11) is 7.31. The predicted octanol–water partition coefficient (Wildman–Crippen LogP) is 2.97. The van der Waals surface area contributed by atoms with Crippen molar-refractivity contribution in [1.29, 1.82) is 0 Å². The van der Waals surface area contributed by atoms with Gasteiger partial charge in [0.1, 0.15) is 17.2 Å². The van der Waals surface area contributed by atoms with E-state index < -0.39 is 12.1 Å². The van der Waals surface area contributed by atoms with Crippen LogP contribution in [-0.4, -0.2) is 59.7 Å². The van der Waals surface area contributed by atoms with E-state index in [1.807, 2.05) is 0 Å². The first-order valence-corrected chi connectivity index (χ1v) is 9.95. The number of methoxy groups -OCH3 is 5. The molecule has 1 aromatic heterocycles. The van der Waals surface area contributed by atoms with Crippen LogP contribution < -0.4 is 9.47 Å². The first kappa shape index (κ1) is 22.3. The Bertz CT molecular complexity index is 1030. The van der Waals surface area contributed by atoms with Crippen LogP contribution in [0.1, 0.15) is 34.4 Å². The number of carbonyl (C=O) groups excluding carboxylic acids is 1. The molecular weight excluding hydrogens is 422 g/mol. The number of rotatable bonds is 7. The van der Waals surface area contributed by atoms with Crippen molar-refractivity contribution in [3.63, 3.8) is 0 Å². The zero-order chi connectivity index (χ0) is 22.9. The van der Waals surface area contributed by atoms with Gasteiger partial charge in [-0.25, -0.2) is 0 Å². The lowest BCUT2D eigenvalue weighted by Gasteiger charge is -2.32. The van der Waals surface area contributed by atoms with Crippen molar-refractivity contribution in [2.24, 2.45) is 0 Å². The molecule has 4 rings (SSSR count). The molecule has 172 valence electrons. The average molecular weight is 447 g/mol. The molecule has 2 aromatic rings. The summed E-state index contributed by atoms with van der Waals surface area (Å²) in [5, 5.41) is 4.22. The van der Waals surface area contributed by atoms with Crippen molar-refractivity contribution in [3.8, 4) is 22.8 Å². The first-order valence-electron chi connectivity index (χ1n) is 9.95. The molecule has 0 spiro atoms. The van der Waals surface area contributed by atoms with E-state index in [2.05, 4.69) is 5.16 Å². The van der Waals surface area contributed by atoms with Crippen molar-refractivity contribution >= 4 is 5.78 Å². The summed E-state index contributed by atoms with van der Waals surface area (Å²) in [6.07, 6.45) is 1.37. The van der Waals surface area contributed by atoms with Crippen LogP contribution in [0.4, 0.5) is 0 Å². The molecule has 1 saturated heterocycles. The van der Waals surface area contributed by atoms with Crippen LogP contribution >= 0.6 is 0 Å². The molecule has 0 radical (unpaired) electrons. The van der Waals surface area contributed by atoms with Gasteiger partial charge in [-0.05, 0) is 12.5 Å². The molecule has 10 heteroatoms. The molecule has 1 aliphatic heterocycles. The summed E-state index contributed by atoms with van der Waals surface area (Å²) in [5.41, 5.74) is 1.47. The minimum atomic E-state index is -1.57. The molecule has 1 fully saturated rings. The second-order valence-electron chi connectivity index (χ2n) is 7.06. The Balaban J connectivity index is 1.97. The van der Waals surface area contributed by atoms with Crippen LogP contribution in [0.25, 0.3) is 11.3 Å². The number of ketones is 1. The fraction of sp³-hybridized carbons (Fsp3) is 0.455. The van der Waals surface area contributed by atoms with E-state index >= 15 is 0 Å². The van der Waals surface area contributed by atoms with Crippen LogP contribution in [0, 0.1) is 0 Å². The number of benzene rings is 1. The summed E-state index contributed by atoms with van der Waals surface area (Å²) < 4.78 is 44.9. The number of hydrogen-bond acceptors (Lipinski definition) is 10. The van der Waals surface area contributed by atoms with Gasteiger partial charge >= 0.3 is 0 Å². The third-order valence-corrected chi connectivity index (χ3v) is 5.50. The lowest BCUT2D eigenvalue weighted by atomic mass is 9.90. The maximum absolute atomic E-state index is 13.1. The maximum atomic E-state index is 13.1. The molecule has 0 N–H and O–H groups in total. The number of ether oxygens (including phenoxy) is 7. The highest BCUT2D eigenvalue weighted by molar-refractivity contribution is 6.11. The summed E-state index contributed by atoms with van der Waals surface area (Å²) in [5.74, 6) is -0.803. The largest absolute Gasteiger partial charge is 0.497 e. The second kappa shape index (κ2) is 8.91. The van der Waals surface area contributed by atoms with Gasteiger partial charge in [0.05, 0.1) is 45.7 Å². The monoisotopic (exact) mass is 447 g/mol. The first-order chi connectivity index (χ1) is 15.5. The van der Waals surface area contributed by atoms with Crippen molar-refractivity contribution in [3.05, 3.63) is 40.9 Å². The Labute approximate surface area is 184 Å². The van der Waals surface area contributed by atoms with E-state index in [9.17, 15) is 4.79 Å². The van der Waals surface area contributed by atoms with Gasteiger partial charge in [-0.3, -0.25) is 4.79 Å². The Kier molecular flexibility index (Phi) is 6.20. The lowest BCUT2D eigenvalue weighted by molar-refractivity contribution is -0.221. The smallest absolute Gasteiger partial charge is 0.292 e. The molecule has 1 aromatic carbocycles. The van der Waals surface area contributed by atoms with E-state index in [0.29, 0.717) is 35.8 Å². The molecule has 1 aliphatic carbocycles. The molecule has 0 atom stereocenters. The normalized spacial score (nSPS) is 18.2. The van der Waals surface area contributed by atoms with Crippen molar-refractivity contribution in [2.45, 2.75) is 18.5 Å². The minimum absolute atomic E-state index is 0.0659. The number of fused-ring (bicyclic) bond motifs is 1. The van der Waals surface area contributed by atoms with Gasteiger partial charge in [-0.1, -0.05) is 5.16 Å². The third kappa shape index (κ3) is 3.36. The fourth-order valence-corrected chi connectivity index (χ4v) is 3.97. The molecular formula is C22H25NO9. The predicted molar refractivity (Wildman–Crippen MR) is 109 cm³/mol. The Morgan fingerprint density at radius 1 is 0.969 bits per heavy atom. The second-order valence-corrected chi connectivity index (χ2v) is 7.06. The molecule has 2 heterocycles. The van der Waals surface area contributed by atoms with Crippen molar-refractivity contribution in [1.82, 2.24) is 5.16 Å². The molecule has 0 amide bonds. The molecule has 0 unspecified atom stereocenters. The van der Waals surface area contributed by atoms with Crippen molar-refractivity contribution in [2.75, 3.05) is 48.8 Å². The van der Waals surface area contributed by atoms with Gasteiger partial charge < -0.3 is 37.7 Å². The lowest BCUT2D eigenvalue weighted by Crippen LogP contribution is -2.38. The molecule has 2 aliphatic rings. The summed E-state index contributed by atoms with van der Waals surface area (Å²) >= 11 is 0. The number of aromatic nitrogens is 1. The number of nitrogens with zero attached hydrogens (tertiary/aromatic N) is 1. The summed E-state index contributed by atoms with van der Waals surface area (Å²) in [4.78, 5) is 13.1. The Morgan fingerprint density at radius 3 is 2.28 bits per heavy atom. The van der Waals surface area contributed by atoms with E-state index in [1.54, 1.807) is 19.2 Å². The van der Waals surface area contributed by atoms with Gasteiger partial charge in [0.2, 0.25) is 5.76 Å². The van der Waals surface area contributed by atoms with Crippen LogP contribution in [0.5, 0.6) is 11.5 Å². The van der Waals surface area contributed by atoms with Gasteiger partial charge in [-0.15, -0.1) is 0 Å². The minimum Gasteiger partial charge on any atom is -0.497 e. The van der Waals surface area contributed by atoms with Gasteiger partial charge in [-0.2, -0.15) is 0 Å². The molecule has 32 heavy (non-hydrogen) atoms. The average Bonchev–Trinajstić information content (AvgIpc) is 3.29. The van der Waals surface area contributed by atoms with E-state index in [0.717, 1.165) is 6.42 Å². The fourth-order valence-electron chi connectivity index (χ4n) is 3.97. The Morgan fingerprint density at radius 2 is 1.69 bits per heavy atom. The van der Waals surface area contributed by atoms with Crippen LogP contribution in [0.2, 0.25) is 0 Å². The third-order valence-electron chi connectivity index (χ3n) is 5.50. The van der Waals surface area contributed by atoms with Crippen LogP contribution in [-0.2, 0) is 29.5 Å².